The highest BCUT2D eigenvalue weighted by molar-refractivity contribution is 5.95. The molecule has 2 aromatic rings. The van der Waals surface area contributed by atoms with Gasteiger partial charge in [0.25, 0.3) is 0 Å². The van der Waals surface area contributed by atoms with Gasteiger partial charge in [-0.1, -0.05) is 13.3 Å². The molecular formula is C23H30N2O2. The van der Waals surface area contributed by atoms with E-state index in [1.54, 1.807) is 19.4 Å². The molecule has 0 saturated heterocycles. The van der Waals surface area contributed by atoms with Crippen LogP contribution in [0, 0.1) is 18.8 Å². The number of carbonyl (C=O) groups is 1. The van der Waals surface area contributed by atoms with Gasteiger partial charge in [0, 0.05) is 42.1 Å². The van der Waals surface area contributed by atoms with Crippen molar-refractivity contribution in [3.8, 4) is 5.88 Å². The highest BCUT2D eigenvalue weighted by Crippen LogP contribution is 2.40. The normalized spacial score (nSPS) is 20.9. The molecule has 0 radical (unpaired) electrons. The van der Waals surface area contributed by atoms with Crippen LogP contribution in [-0.2, 0) is 0 Å². The van der Waals surface area contributed by atoms with E-state index >= 15 is 0 Å². The molecule has 0 N–H and O–H groups in total. The Bertz CT molecular complexity index is 749. The van der Waals surface area contributed by atoms with E-state index in [0.717, 1.165) is 6.42 Å². The first-order valence-corrected chi connectivity index (χ1v) is 10.1. The van der Waals surface area contributed by atoms with Crippen LogP contribution < -0.4 is 4.74 Å². The summed E-state index contributed by atoms with van der Waals surface area (Å²) < 4.78 is 5.07. The Hall–Kier alpha value is -2.23. The van der Waals surface area contributed by atoms with Gasteiger partial charge in [0.2, 0.25) is 5.88 Å². The third kappa shape index (κ3) is 4.94. The summed E-state index contributed by atoms with van der Waals surface area (Å²) in [5.74, 6) is 2.39. The molecule has 0 unspecified atom stereocenters. The number of rotatable bonds is 7. The zero-order valence-electron chi connectivity index (χ0n) is 16.6. The van der Waals surface area contributed by atoms with Gasteiger partial charge in [-0.3, -0.25) is 9.78 Å². The average molecular weight is 367 g/mol. The molecule has 0 aromatic carbocycles. The van der Waals surface area contributed by atoms with Crippen LogP contribution in [0.3, 0.4) is 0 Å². The Morgan fingerprint density at radius 2 is 1.96 bits per heavy atom. The van der Waals surface area contributed by atoms with Crippen LogP contribution in [0.15, 0.2) is 36.7 Å². The molecule has 144 valence electrons. The first-order valence-electron chi connectivity index (χ1n) is 10.1. The van der Waals surface area contributed by atoms with Crippen LogP contribution in [0.25, 0.3) is 0 Å². The van der Waals surface area contributed by atoms with E-state index in [4.69, 9.17) is 4.74 Å². The molecule has 0 bridgehead atoms. The number of nitrogens with zero attached hydrogens (tertiary/aromatic N) is 2. The summed E-state index contributed by atoms with van der Waals surface area (Å²) in [6.45, 7) is 4.34. The number of aromatic nitrogens is 2. The molecule has 1 fully saturated rings. The first-order chi connectivity index (χ1) is 13.1. The molecule has 2 heterocycles. The van der Waals surface area contributed by atoms with Crippen LogP contribution in [0.4, 0.5) is 0 Å². The molecule has 1 atom stereocenters. The van der Waals surface area contributed by atoms with Crippen molar-refractivity contribution in [3.63, 3.8) is 0 Å². The van der Waals surface area contributed by atoms with E-state index in [0.29, 0.717) is 35.6 Å². The topological polar surface area (TPSA) is 52.1 Å². The van der Waals surface area contributed by atoms with Crippen molar-refractivity contribution in [1.29, 1.82) is 0 Å². The van der Waals surface area contributed by atoms with Crippen LogP contribution in [0.5, 0.6) is 5.88 Å². The SMILES string of the molecule is CC[C@H](CC(=O)c1ccc(OC)nc1)C1CCC(c2cc(C)ccn2)CC1. The minimum Gasteiger partial charge on any atom is -0.481 e. The fourth-order valence-corrected chi connectivity index (χ4v) is 4.34. The van der Waals surface area contributed by atoms with Gasteiger partial charge in [0.1, 0.15) is 0 Å². The molecule has 1 aliphatic carbocycles. The van der Waals surface area contributed by atoms with Crippen molar-refractivity contribution in [2.45, 2.75) is 58.3 Å². The molecule has 27 heavy (non-hydrogen) atoms. The zero-order valence-corrected chi connectivity index (χ0v) is 16.6. The molecule has 4 nitrogen and oxygen atoms in total. The Morgan fingerprint density at radius 3 is 2.56 bits per heavy atom. The number of aryl methyl sites for hydroxylation is 1. The minimum absolute atomic E-state index is 0.194. The average Bonchev–Trinajstić information content (AvgIpc) is 2.72. The summed E-state index contributed by atoms with van der Waals surface area (Å²) in [4.78, 5) is 21.4. The summed E-state index contributed by atoms with van der Waals surface area (Å²) in [5, 5.41) is 0. The zero-order chi connectivity index (χ0) is 19.2. The molecule has 0 spiro atoms. The second-order valence-electron chi connectivity index (χ2n) is 7.75. The number of methoxy groups -OCH3 is 1. The highest BCUT2D eigenvalue weighted by atomic mass is 16.5. The Kier molecular flexibility index (Phi) is 6.59. The largest absolute Gasteiger partial charge is 0.481 e. The van der Waals surface area contributed by atoms with Crippen molar-refractivity contribution < 1.29 is 9.53 Å². The number of carbonyl (C=O) groups excluding carboxylic acids is 1. The van der Waals surface area contributed by atoms with E-state index < -0.39 is 0 Å². The molecule has 1 aliphatic rings. The van der Waals surface area contributed by atoms with Gasteiger partial charge in [0.05, 0.1) is 7.11 Å². The molecule has 0 aliphatic heterocycles. The number of Topliss-reactive ketones (excluding diaryl/α,β-unsaturated/α-hetero) is 1. The van der Waals surface area contributed by atoms with Crippen molar-refractivity contribution in [2.24, 2.45) is 11.8 Å². The fraction of sp³-hybridized carbons (Fsp3) is 0.522. The third-order valence-electron chi connectivity index (χ3n) is 6.03. The van der Waals surface area contributed by atoms with Gasteiger partial charge in [0.15, 0.2) is 5.78 Å². The lowest BCUT2D eigenvalue weighted by Gasteiger charge is -2.33. The van der Waals surface area contributed by atoms with Gasteiger partial charge in [-0.15, -0.1) is 0 Å². The van der Waals surface area contributed by atoms with E-state index in [9.17, 15) is 4.79 Å². The smallest absolute Gasteiger partial charge is 0.212 e. The second-order valence-corrected chi connectivity index (χ2v) is 7.75. The first kappa shape index (κ1) is 19.5. The predicted molar refractivity (Wildman–Crippen MR) is 107 cm³/mol. The summed E-state index contributed by atoms with van der Waals surface area (Å²) in [5.41, 5.74) is 3.21. The molecule has 3 rings (SSSR count). The Balaban J connectivity index is 1.57. The van der Waals surface area contributed by atoms with Crippen LogP contribution >= 0.6 is 0 Å². The van der Waals surface area contributed by atoms with E-state index in [1.165, 1.54) is 36.9 Å². The molecule has 4 heteroatoms. The van der Waals surface area contributed by atoms with E-state index in [2.05, 4.69) is 35.9 Å². The Labute approximate surface area is 162 Å². The lowest BCUT2D eigenvalue weighted by Crippen LogP contribution is -2.23. The van der Waals surface area contributed by atoms with Crippen molar-refractivity contribution in [1.82, 2.24) is 9.97 Å². The highest BCUT2D eigenvalue weighted by Gasteiger charge is 2.29. The maximum Gasteiger partial charge on any atom is 0.212 e. The minimum atomic E-state index is 0.194. The number of pyridine rings is 2. The summed E-state index contributed by atoms with van der Waals surface area (Å²) in [6, 6.07) is 7.86. The lowest BCUT2D eigenvalue weighted by molar-refractivity contribution is 0.0925. The monoisotopic (exact) mass is 366 g/mol. The maximum absolute atomic E-state index is 12.7. The fourth-order valence-electron chi connectivity index (χ4n) is 4.34. The van der Waals surface area contributed by atoms with Gasteiger partial charge in [-0.05, 0) is 68.2 Å². The van der Waals surface area contributed by atoms with Gasteiger partial charge in [-0.25, -0.2) is 4.98 Å². The summed E-state index contributed by atoms with van der Waals surface area (Å²) in [6.07, 6.45) is 9.95. The second kappa shape index (κ2) is 9.12. The van der Waals surface area contributed by atoms with Gasteiger partial charge < -0.3 is 4.74 Å². The molecular weight excluding hydrogens is 336 g/mol. The Morgan fingerprint density at radius 1 is 1.19 bits per heavy atom. The molecule has 2 aromatic heterocycles. The number of ether oxygens (including phenoxy) is 1. The third-order valence-corrected chi connectivity index (χ3v) is 6.03. The number of ketones is 1. The van der Waals surface area contributed by atoms with E-state index in [1.807, 2.05) is 12.3 Å². The standard InChI is InChI=1S/C23H30N2O2/c1-4-17(14-22(26)20-9-10-23(27-3)25-15-20)18-5-7-19(8-6-18)21-13-16(2)11-12-24-21/h9-13,15,17-19H,4-8,14H2,1-3H3/t17-,18?,19?/m1/s1. The molecule has 0 amide bonds. The lowest BCUT2D eigenvalue weighted by atomic mass is 9.72. The summed E-state index contributed by atoms with van der Waals surface area (Å²) in [7, 11) is 1.58. The quantitative estimate of drug-likeness (QED) is 0.618. The van der Waals surface area contributed by atoms with Crippen LogP contribution in [0.2, 0.25) is 0 Å². The van der Waals surface area contributed by atoms with E-state index in [-0.39, 0.29) is 5.78 Å². The van der Waals surface area contributed by atoms with Gasteiger partial charge in [-0.2, -0.15) is 0 Å². The van der Waals surface area contributed by atoms with Crippen molar-refractivity contribution in [3.05, 3.63) is 53.5 Å². The van der Waals surface area contributed by atoms with Gasteiger partial charge >= 0.3 is 0 Å². The number of hydrogen-bond acceptors (Lipinski definition) is 4. The van der Waals surface area contributed by atoms with Crippen molar-refractivity contribution in [2.75, 3.05) is 7.11 Å². The maximum atomic E-state index is 12.7. The molecule has 1 saturated carbocycles. The van der Waals surface area contributed by atoms with Crippen molar-refractivity contribution >= 4 is 5.78 Å². The summed E-state index contributed by atoms with van der Waals surface area (Å²) >= 11 is 0. The van der Waals surface area contributed by atoms with Crippen LogP contribution in [0.1, 0.15) is 73.0 Å². The van der Waals surface area contributed by atoms with Crippen LogP contribution in [-0.4, -0.2) is 22.9 Å². The number of hydrogen-bond donors (Lipinski definition) is 0. The predicted octanol–water partition coefficient (Wildman–Crippen LogP) is 5.37.